The normalized spacial score (nSPS) is 10.5. The molecule has 0 amide bonds. The van der Waals surface area contributed by atoms with Crippen LogP contribution in [0.15, 0.2) is 24.5 Å². The molecular weight excluding hydrogens is 282 g/mol. The van der Waals surface area contributed by atoms with Crippen LogP contribution in [0.1, 0.15) is 29.5 Å². The molecule has 0 spiro atoms. The van der Waals surface area contributed by atoms with Crippen molar-refractivity contribution in [3.8, 4) is 5.75 Å². The van der Waals surface area contributed by atoms with E-state index in [1.807, 2.05) is 6.92 Å². The van der Waals surface area contributed by atoms with Crippen LogP contribution in [0, 0.1) is 0 Å². The molecule has 1 heterocycles. The summed E-state index contributed by atoms with van der Waals surface area (Å²) in [6, 6.07) is 4.34. The fraction of sp³-hybridized carbons (Fsp3) is 0.308. The van der Waals surface area contributed by atoms with Gasteiger partial charge in [-0.1, -0.05) is 18.5 Å². The number of carbonyl (C=O) groups is 1. The molecule has 1 aromatic carbocycles. The summed E-state index contributed by atoms with van der Waals surface area (Å²) in [6.07, 6.45) is 2.42. The van der Waals surface area contributed by atoms with Crippen molar-refractivity contribution in [3.63, 3.8) is 0 Å². The summed E-state index contributed by atoms with van der Waals surface area (Å²) < 4.78 is 7.32. The number of aromatic nitrogens is 3. The van der Waals surface area contributed by atoms with Gasteiger partial charge in [-0.2, -0.15) is 5.10 Å². The summed E-state index contributed by atoms with van der Waals surface area (Å²) in [6.45, 7) is 3.05. The fourth-order valence-electron chi connectivity index (χ4n) is 1.69. The van der Waals surface area contributed by atoms with Crippen molar-refractivity contribution in [3.05, 3.63) is 40.9 Å². The van der Waals surface area contributed by atoms with E-state index in [1.54, 1.807) is 4.68 Å². The average molecular weight is 296 g/mol. The first-order chi connectivity index (χ1) is 9.61. The zero-order valence-electron chi connectivity index (χ0n) is 10.9. The number of aromatic carboxylic acids is 1. The van der Waals surface area contributed by atoms with E-state index in [0.29, 0.717) is 11.6 Å². The summed E-state index contributed by atoms with van der Waals surface area (Å²) >= 11 is 5.98. The van der Waals surface area contributed by atoms with E-state index in [9.17, 15) is 4.79 Å². The molecule has 20 heavy (non-hydrogen) atoms. The predicted molar refractivity (Wildman–Crippen MR) is 73.1 cm³/mol. The van der Waals surface area contributed by atoms with Crippen molar-refractivity contribution in [2.45, 2.75) is 26.5 Å². The first-order valence-corrected chi connectivity index (χ1v) is 6.52. The molecule has 0 atom stereocenters. The molecule has 2 rings (SSSR count). The van der Waals surface area contributed by atoms with E-state index in [2.05, 4.69) is 10.1 Å². The van der Waals surface area contributed by atoms with Gasteiger partial charge in [-0.05, 0) is 24.6 Å². The van der Waals surface area contributed by atoms with Gasteiger partial charge in [-0.15, -0.1) is 0 Å². The Hall–Kier alpha value is -2.08. The second-order valence-electron chi connectivity index (χ2n) is 4.14. The summed E-state index contributed by atoms with van der Waals surface area (Å²) in [5.74, 6) is 0.0917. The molecule has 0 saturated heterocycles. The van der Waals surface area contributed by atoms with E-state index in [-0.39, 0.29) is 17.2 Å². The molecule has 0 aliphatic rings. The minimum atomic E-state index is -1.03. The number of hydrogen-bond donors (Lipinski definition) is 1. The maximum absolute atomic E-state index is 10.8. The molecule has 1 N–H and O–H groups in total. The third-order valence-corrected chi connectivity index (χ3v) is 2.96. The van der Waals surface area contributed by atoms with Gasteiger partial charge in [0, 0.05) is 6.54 Å². The van der Waals surface area contributed by atoms with Crippen molar-refractivity contribution in [2.24, 2.45) is 0 Å². The fourth-order valence-corrected chi connectivity index (χ4v) is 1.93. The van der Waals surface area contributed by atoms with Crippen LogP contribution in [0.25, 0.3) is 0 Å². The van der Waals surface area contributed by atoms with Gasteiger partial charge in [0.2, 0.25) is 0 Å². The Kier molecular flexibility index (Phi) is 4.57. The number of benzene rings is 1. The van der Waals surface area contributed by atoms with Gasteiger partial charge in [0.05, 0.1) is 10.6 Å². The number of carboxylic acids is 1. The summed E-state index contributed by atoms with van der Waals surface area (Å²) in [5.41, 5.74) is 0.122. The van der Waals surface area contributed by atoms with Gasteiger partial charge >= 0.3 is 5.97 Å². The van der Waals surface area contributed by atoms with Crippen molar-refractivity contribution in [1.29, 1.82) is 0 Å². The molecule has 0 unspecified atom stereocenters. The third-order valence-electron chi connectivity index (χ3n) is 2.67. The molecule has 106 valence electrons. The molecule has 7 heteroatoms. The standard InChI is InChI=1S/C13H14ClN3O3/c1-2-5-17-12(15-8-16-17)7-20-11-4-3-9(13(18)19)6-10(11)14/h3-4,6,8H,2,5,7H2,1H3,(H,18,19). The van der Waals surface area contributed by atoms with Crippen LogP contribution in [-0.4, -0.2) is 25.8 Å². The lowest BCUT2D eigenvalue weighted by molar-refractivity contribution is 0.0697. The zero-order valence-corrected chi connectivity index (χ0v) is 11.7. The molecule has 0 radical (unpaired) electrons. The van der Waals surface area contributed by atoms with Gasteiger partial charge in [0.15, 0.2) is 5.82 Å². The number of hydrogen-bond acceptors (Lipinski definition) is 4. The molecule has 1 aromatic heterocycles. The molecule has 0 bridgehead atoms. The van der Waals surface area contributed by atoms with Crippen molar-refractivity contribution in [1.82, 2.24) is 14.8 Å². The lowest BCUT2D eigenvalue weighted by Crippen LogP contribution is -2.08. The van der Waals surface area contributed by atoms with Crippen LogP contribution in [0.2, 0.25) is 5.02 Å². The quantitative estimate of drug-likeness (QED) is 0.886. The highest BCUT2D eigenvalue weighted by Gasteiger charge is 2.10. The van der Waals surface area contributed by atoms with Gasteiger partial charge < -0.3 is 9.84 Å². The van der Waals surface area contributed by atoms with Crippen LogP contribution >= 0.6 is 11.6 Å². The second-order valence-corrected chi connectivity index (χ2v) is 4.55. The van der Waals surface area contributed by atoms with Gasteiger partial charge in [-0.25, -0.2) is 14.5 Å². The summed E-state index contributed by atoms with van der Waals surface area (Å²) in [5, 5.41) is 13.2. The lowest BCUT2D eigenvalue weighted by atomic mass is 10.2. The van der Waals surface area contributed by atoms with E-state index < -0.39 is 5.97 Å². The molecule has 2 aromatic rings. The van der Waals surface area contributed by atoms with Gasteiger partial charge in [0.25, 0.3) is 0 Å². The van der Waals surface area contributed by atoms with Gasteiger partial charge in [0.1, 0.15) is 18.7 Å². The first kappa shape index (κ1) is 14.3. The highest BCUT2D eigenvalue weighted by atomic mass is 35.5. The van der Waals surface area contributed by atoms with Crippen molar-refractivity contribution < 1.29 is 14.6 Å². The summed E-state index contributed by atoms with van der Waals surface area (Å²) in [7, 11) is 0. The minimum absolute atomic E-state index is 0.122. The number of carboxylic acid groups (broad SMARTS) is 1. The van der Waals surface area contributed by atoms with Crippen molar-refractivity contribution >= 4 is 17.6 Å². The van der Waals surface area contributed by atoms with E-state index in [1.165, 1.54) is 24.5 Å². The maximum atomic E-state index is 10.8. The molecule has 0 aliphatic carbocycles. The monoisotopic (exact) mass is 295 g/mol. The van der Waals surface area contributed by atoms with Crippen molar-refractivity contribution in [2.75, 3.05) is 0 Å². The Bertz CT molecular complexity index is 613. The molecule has 0 fully saturated rings. The highest BCUT2D eigenvalue weighted by Crippen LogP contribution is 2.26. The number of halogens is 1. The van der Waals surface area contributed by atoms with E-state index >= 15 is 0 Å². The number of nitrogens with zero attached hydrogens (tertiary/aromatic N) is 3. The zero-order chi connectivity index (χ0) is 14.5. The van der Waals surface area contributed by atoms with Crippen LogP contribution in [0.4, 0.5) is 0 Å². The lowest BCUT2D eigenvalue weighted by Gasteiger charge is -2.09. The number of rotatable bonds is 6. The Morgan fingerprint density at radius 1 is 1.50 bits per heavy atom. The van der Waals surface area contributed by atoms with Crippen LogP contribution in [0.5, 0.6) is 5.75 Å². The average Bonchev–Trinajstić information content (AvgIpc) is 2.85. The largest absolute Gasteiger partial charge is 0.484 e. The first-order valence-electron chi connectivity index (χ1n) is 6.14. The Morgan fingerprint density at radius 2 is 2.30 bits per heavy atom. The van der Waals surface area contributed by atoms with Crippen LogP contribution in [-0.2, 0) is 13.2 Å². The maximum Gasteiger partial charge on any atom is 0.335 e. The van der Waals surface area contributed by atoms with E-state index in [0.717, 1.165) is 13.0 Å². The Balaban J connectivity index is 2.07. The topological polar surface area (TPSA) is 77.2 Å². The molecular formula is C13H14ClN3O3. The third kappa shape index (κ3) is 3.27. The van der Waals surface area contributed by atoms with Gasteiger partial charge in [-0.3, -0.25) is 0 Å². The molecule has 0 aliphatic heterocycles. The smallest absolute Gasteiger partial charge is 0.335 e. The predicted octanol–water partition coefficient (Wildman–Crippen LogP) is 2.62. The van der Waals surface area contributed by atoms with Crippen LogP contribution in [0.3, 0.4) is 0 Å². The second kappa shape index (κ2) is 6.38. The summed E-state index contributed by atoms with van der Waals surface area (Å²) in [4.78, 5) is 14.9. The van der Waals surface area contributed by atoms with E-state index in [4.69, 9.17) is 21.4 Å². The van der Waals surface area contributed by atoms with Crippen LogP contribution < -0.4 is 4.74 Å². The Labute approximate surface area is 121 Å². The SMILES string of the molecule is CCCn1ncnc1COc1ccc(C(=O)O)cc1Cl. The minimum Gasteiger partial charge on any atom is -0.484 e. The number of ether oxygens (including phenoxy) is 1. The molecule has 0 saturated carbocycles. The number of aryl methyl sites for hydroxylation is 1. The Morgan fingerprint density at radius 3 is 2.95 bits per heavy atom. The molecule has 6 nitrogen and oxygen atoms in total. The highest BCUT2D eigenvalue weighted by molar-refractivity contribution is 6.32.